The van der Waals surface area contributed by atoms with Gasteiger partial charge in [-0.3, -0.25) is 0 Å². The molecule has 0 aliphatic carbocycles. The topological polar surface area (TPSA) is 12.0 Å². The zero-order valence-electron chi connectivity index (χ0n) is 11.2. The van der Waals surface area contributed by atoms with Crippen molar-refractivity contribution in [3.8, 4) is 0 Å². The summed E-state index contributed by atoms with van der Waals surface area (Å²) >= 11 is 0. The molecule has 0 heterocycles. The molecule has 1 N–H and O–H groups in total. The van der Waals surface area contributed by atoms with Crippen LogP contribution in [0.5, 0.6) is 0 Å². The number of halogens is 4. The third-order valence-electron chi connectivity index (χ3n) is 3.13. The van der Waals surface area contributed by atoms with Crippen LogP contribution in [0.1, 0.15) is 23.6 Å². The van der Waals surface area contributed by atoms with Crippen molar-refractivity contribution in [2.24, 2.45) is 0 Å². The fourth-order valence-corrected chi connectivity index (χ4v) is 2.10. The quantitative estimate of drug-likeness (QED) is 0.795. The van der Waals surface area contributed by atoms with Gasteiger partial charge in [0.05, 0.1) is 6.42 Å². The maximum atomic E-state index is 13.5. The van der Waals surface area contributed by atoms with E-state index in [4.69, 9.17) is 0 Å². The molecule has 2 rings (SSSR count). The molecule has 21 heavy (non-hydrogen) atoms. The zero-order chi connectivity index (χ0) is 15.3. The lowest BCUT2D eigenvalue weighted by Crippen LogP contribution is -2.26. The molecule has 5 heteroatoms. The predicted octanol–water partition coefficient (Wildman–Crippen LogP) is 4.61. The maximum Gasteiger partial charge on any atom is 0.390 e. The van der Waals surface area contributed by atoms with E-state index in [1.54, 1.807) is 48.5 Å². The molecule has 1 nitrogen and oxygen atoms in total. The summed E-state index contributed by atoms with van der Waals surface area (Å²) in [5.74, 6) is -0.427. The van der Waals surface area contributed by atoms with Crippen LogP contribution in [0.2, 0.25) is 0 Å². The van der Waals surface area contributed by atoms with Gasteiger partial charge >= 0.3 is 6.18 Å². The highest BCUT2D eigenvalue weighted by Crippen LogP contribution is 2.29. The summed E-state index contributed by atoms with van der Waals surface area (Å²) in [6.45, 7) is 0.0440. The summed E-state index contributed by atoms with van der Waals surface area (Å²) in [6.07, 6.45) is -5.28. The smallest absolute Gasteiger partial charge is 0.305 e. The Morgan fingerprint density at radius 1 is 0.905 bits per heavy atom. The first-order valence-corrected chi connectivity index (χ1v) is 6.54. The summed E-state index contributed by atoms with van der Waals surface area (Å²) in [7, 11) is 0. The molecule has 2 aromatic rings. The second-order valence-electron chi connectivity index (χ2n) is 4.75. The van der Waals surface area contributed by atoms with Crippen molar-refractivity contribution < 1.29 is 17.6 Å². The van der Waals surface area contributed by atoms with Gasteiger partial charge in [-0.15, -0.1) is 0 Å². The number of nitrogens with one attached hydrogen (secondary N) is 1. The fraction of sp³-hybridized carbons (Fsp3) is 0.250. The predicted molar refractivity (Wildman–Crippen MR) is 73.1 cm³/mol. The first kappa shape index (κ1) is 15.5. The van der Waals surface area contributed by atoms with Gasteiger partial charge in [-0.25, -0.2) is 4.39 Å². The van der Waals surface area contributed by atoms with Gasteiger partial charge in [0.15, 0.2) is 0 Å². The van der Waals surface area contributed by atoms with E-state index in [2.05, 4.69) is 5.32 Å². The molecule has 1 atom stereocenters. The molecular weight excluding hydrogens is 282 g/mol. The molecule has 0 radical (unpaired) electrons. The van der Waals surface area contributed by atoms with Crippen LogP contribution in [0.15, 0.2) is 54.6 Å². The largest absolute Gasteiger partial charge is 0.390 e. The van der Waals surface area contributed by atoms with Gasteiger partial charge < -0.3 is 5.32 Å². The SMILES string of the molecule is Fc1ccccc1CNC(CC(F)(F)F)c1ccccc1. The van der Waals surface area contributed by atoms with Crippen LogP contribution in [0.4, 0.5) is 17.6 Å². The van der Waals surface area contributed by atoms with E-state index in [1.165, 1.54) is 6.07 Å². The second-order valence-corrected chi connectivity index (χ2v) is 4.75. The first-order chi connectivity index (χ1) is 9.96. The molecule has 0 spiro atoms. The number of rotatable bonds is 5. The fourth-order valence-electron chi connectivity index (χ4n) is 2.10. The summed E-state index contributed by atoms with van der Waals surface area (Å²) < 4.78 is 51.6. The third kappa shape index (κ3) is 4.86. The maximum absolute atomic E-state index is 13.5. The highest BCUT2D eigenvalue weighted by molar-refractivity contribution is 5.21. The number of alkyl halides is 3. The van der Waals surface area contributed by atoms with Crippen molar-refractivity contribution in [2.75, 3.05) is 0 Å². The van der Waals surface area contributed by atoms with Crippen LogP contribution in [-0.2, 0) is 6.54 Å². The minimum absolute atomic E-state index is 0.0440. The van der Waals surface area contributed by atoms with Crippen molar-refractivity contribution in [1.29, 1.82) is 0 Å². The minimum atomic E-state index is -4.29. The van der Waals surface area contributed by atoms with Crippen LogP contribution in [-0.4, -0.2) is 6.18 Å². The van der Waals surface area contributed by atoms with Gasteiger partial charge in [0.25, 0.3) is 0 Å². The van der Waals surface area contributed by atoms with Crippen molar-refractivity contribution in [1.82, 2.24) is 5.32 Å². The third-order valence-corrected chi connectivity index (χ3v) is 3.13. The van der Waals surface area contributed by atoms with E-state index < -0.39 is 24.5 Å². The Bertz CT molecular complexity index is 566. The van der Waals surface area contributed by atoms with Gasteiger partial charge in [0.1, 0.15) is 5.82 Å². The van der Waals surface area contributed by atoms with Gasteiger partial charge in [0, 0.05) is 18.2 Å². The van der Waals surface area contributed by atoms with Crippen molar-refractivity contribution in [3.63, 3.8) is 0 Å². The Morgan fingerprint density at radius 2 is 1.52 bits per heavy atom. The number of hydrogen-bond donors (Lipinski definition) is 1. The Balaban J connectivity index is 2.11. The van der Waals surface area contributed by atoms with Gasteiger partial charge in [0.2, 0.25) is 0 Å². The lowest BCUT2D eigenvalue weighted by Gasteiger charge is -2.21. The monoisotopic (exact) mass is 297 g/mol. The molecule has 0 bridgehead atoms. The molecule has 0 saturated carbocycles. The Hall–Kier alpha value is -1.88. The van der Waals surface area contributed by atoms with Gasteiger partial charge in [-0.05, 0) is 11.6 Å². The van der Waals surface area contributed by atoms with E-state index in [0.29, 0.717) is 11.1 Å². The van der Waals surface area contributed by atoms with E-state index in [9.17, 15) is 17.6 Å². The Kier molecular flexibility index (Phi) is 4.96. The lowest BCUT2D eigenvalue weighted by molar-refractivity contribution is -0.140. The average Bonchev–Trinajstić information content (AvgIpc) is 2.45. The van der Waals surface area contributed by atoms with Crippen LogP contribution < -0.4 is 5.32 Å². The first-order valence-electron chi connectivity index (χ1n) is 6.54. The van der Waals surface area contributed by atoms with Crippen LogP contribution in [0.3, 0.4) is 0 Å². The summed E-state index contributed by atoms with van der Waals surface area (Å²) in [5, 5.41) is 2.79. The van der Waals surface area contributed by atoms with Crippen molar-refractivity contribution in [2.45, 2.75) is 25.2 Å². The van der Waals surface area contributed by atoms with Crippen molar-refractivity contribution in [3.05, 3.63) is 71.5 Å². The van der Waals surface area contributed by atoms with Crippen LogP contribution in [0.25, 0.3) is 0 Å². The lowest BCUT2D eigenvalue weighted by atomic mass is 10.0. The summed E-state index contributed by atoms with van der Waals surface area (Å²) in [5.41, 5.74) is 0.881. The van der Waals surface area contributed by atoms with Crippen molar-refractivity contribution >= 4 is 0 Å². The number of benzene rings is 2. The highest BCUT2D eigenvalue weighted by atomic mass is 19.4. The molecule has 0 saturated heterocycles. The Morgan fingerprint density at radius 3 is 2.14 bits per heavy atom. The van der Waals surface area contributed by atoms with E-state index in [-0.39, 0.29) is 6.54 Å². The van der Waals surface area contributed by atoms with Crippen LogP contribution >= 0.6 is 0 Å². The highest BCUT2D eigenvalue weighted by Gasteiger charge is 2.32. The normalized spacial score (nSPS) is 13.1. The molecule has 0 aliphatic heterocycles. The second kappa shape index (κ2) is 6.72. The van der Waals surface area contributed by atoms with E-state index in [1.807, 2.05) is 0 Å². The van der Waals surface area contributed by atoms with Gasteiger partial charge in [-0.2, -0.15) is 13.2 Å². The molecule has 0 aliphatic rings. The molecule has 1 unspecified atom stereocenters. The molecular formula is C16H15F4N. The Labute approximate surface area is 120 Å². The summed E-state index contributed by atoms with van der Waals surface area (Å²) in [4.78, 5) is 0. The molecule has 2 aromatic carbocycles. The zero-order valence-corrected chi connectivity index (χ0v) is 11.2. The molecule has 0 fully saturated rings. The van der Waals surface area contributed by atoms with Gasteiger partial charge in [-0.1, -0.05) is 48.5 Å². The minimum Gasteiger partial charge on any atom is -0.305 e. The molecule has 0 amide bonds. The van der Waals surface area contributed by atoms with Crippen LogP contribution in [0, 0.1) is 5.82 Å². The van der Waals surface area contributed by atoms with E-state index in [0.717, 1.165) is 0 Å². The van der Waals surface area contributed by atoms with E-state index >= 15 is 0 Å². The standard InChI is InChI=1S/C16H15F4N/c17-14-9-5-4-8-13(14)11-21-15(10-16(18,19)20)12-6-2-1-3-7-12/h1-9,15,21H,10-11H2. The number of hydrogen-bond acceptors (Lipinski definition) is 1. The summed E-state index contributed by atoms with van der Waals surface area (Å²) in [6, 6.07) is 13.5. The molecule has 0 aromatic heterocycles. The average molecular weight is 297 g/mol. The molecule has 112 valence electrons.